The number of esters is 1. The lowest BCUT2D eigenvalue weighted by Gasteiger charge is -2.47. The summed E-state index contributed by atoms with van der Waals surface area (Å²) >= 11 is 0. The van der Waals surface area contributed by atoms with Crippen LogP contribution in [0.15, 0.2) is 109 Å². The fourth-order valence-corrected chi connectivity index (χ4v) is 33.1. The van der Waals surface area contributed by atoms with Crippen molar-refractivity contribution in [2.75, 3.05) is 13.7 Å². The van der Waals surface area contributed by atoms with Crippen LogP contribution in [-0.2, 0) is 68.3 Å². The number of carbonyl (C=O) groups excluding carboxylic acids is 6. The summed E-state index contributed by atoms with van der Waals surface area (Å²) in [6.45, 7) is 39.4. The zero-order valence-corrected chi connectivity index (χ0v) is 65.6. The normalized spacial score (nSPS) is 17.6. The Morgan fingerprint density at radius 3 is 1.58 bits per heavy atom. The number of rotatable bonds is 33. The van der Waals surface area contributed by atoms with Crippen LogP contribution in [0.3, 0.4) is 0 Å². The average Bonchev–Trinajstić information content (AvgIpc) is 1.51. The summed E-state index contributed by atoms with van der Waals surface area (Å²) in [5.74, 6) is -2.98. The molecule has 1 saturated carbocycles. The Balaban J connectivity index is 1.39. The van der Waals surface area contributed by atoms with E-state index in [1.54, 1.807) is 65.6 Å². The average molecular weight is 1420 g/mol. The lowest BCUT2D eigenvalue weighted by molar-refractivity contribution is -0.148. The SMILES string of the molecule is COC(=O)[C@H](CCCN(C(=N)NC(=O)OCc1ccccc1)C(=O)OCc1ccccc1)NC(=O)[C@@H]1C[C@@H]2CC[C@@H](O[Si](C(C)C)(C(C)C)C(C)C)C[C@@H]2N1C(=O)[C@@H](Cc1ccc(F)cc1)NC(=O)[C@@H](Cc1ccc(O[Si](C(C)C)(C(C)C)C(C)C)cc1)O[Si](C(C)C)(C(C)C)C(C)C. The smallest absolute Gasteiger partial charge is 0.416 e. The minimum Gasteiger partial charge on any atom is -0.543 e. The van der Waals surface area contributed by atoms with Crippen LogP contribution in [0, 0.1) is 17.1 Å². The number of hydrogen-bond donors (Lipinski definition) is 4. The number of alkyl carbamates (subject to hydrolysis) is 1. The first-order valence-electron chi connectivity index (χ1n) is 36.2. The summed E-state index contributed by atoms with van der Waals surface area (Å²) < 4.78 is 53.2. The van der Waals surface area contributed by atoms with Crippen LogP contribution in [0.2, 0.25) is 49.9 Å². The zero-order valence-electron chi connectivity index (χ0n) is 62.6. The molecule has 0 aromatic heterocycles. The van der Waals surface area contributed by atoms with E-state index in [0.29, 0.717) is 52.6 Å². The van der Waals surface area contributed by atoms with E-state index in [4.69, 9.17) is 32.9 Å². The highest BCUT2D eigenvalue weighted by molar-refractivity contribution is 6.79. The van der Waals surface area contributed by atoms with Crippen molar-refractivity contribution in [2.45, 2.75) is 275 Å². The lowest BCUT2D eigenvalue weighted by Crippen LogP contribution is -2.60. The Morgan fingerprint density at radius 2 is 1.07 bits per heavy atom. The van der Waals surface area contributed by atoms with Crippen LogP contribution < -0.4 is 20.4 Å². The Kier molecular flexibility index (Phi) is 30.2. The number of amides is 5. The molecule has 7 atom stereocenters. The van der Waals surface area contributed by atoms with Gasteiger partial charge in [-0.1, -0.05) is 210 Å². The molecule has 0 bridgehead atoms. The molecule has 1 heterocycles. The molecule has 6 rings (SSSR count). The third kappa shape index (κ3) is 20.3. The topological polar surface area (TPSA) is 224 Å². The maximum absolute atomic E-state index is 16.5. The number of methoxy groups -OCH3 is 1. The molecule has 546 valence electrons. The molecule has 0 unspecified atom stereocenters. The van der Waals surface area contributed by atoms with Gasteiger partial charge in [-0.3, -0.25) is 25.1 Å². The second-order valence-electron chi connectivity index (χ2n) is 30.2. The van der Waals surface area contributed by atoms with Crippen LogP contribution in [0.1, 0.15) is 185 Å². The molecular formula is C77H117FN6O12Si3. The van der Waals surface area contributed by atoms with Gasteiger partial charge in [-0.2, -0.15) is 0 Å². The summed E-state index contributed by atoms with van der Waals surface area (Å²) in [4.78, 5) is 91.4. The van der Waals surface area contributed by atoms with Gasteiger partial charge in [0.1, 0.15) is 49.0 Å². The highest BCUT2D eigenvalue weighted by Gasteiger charge is 2.55. The number of benzene rings is 4. The minimum atomic E-state index is -2.84. The van der Waals surface area contributed by atoms with Gasteiger partial charge in [0.2, 0.25) is 40.3 Å². The first-order chi connectivity index (χ1) is 46.7. The molecule has 4 aromatic rings. The van der Waals surface area contributed by atoms with Gasteiger partial charge >= 0.3 is 18.2 Å². The van der Waals surface area contributed by atoms with Crippen molar-refractivity contribution in [2.24, 2.45) is 5.92 Å². The Hall–Kier alpha value is -6.73. The molecule has 0 radical (unpaired) electrons. The summed E-state index contributed by atoms with van der Waals surface area (Å²) in [6.07, 6.45) is -1.32. The first-order valence-corrected chi connectivity index (χ1v) is 42.6. The van der Waals surface area contributed by atoms with Crippen LogP contribution in [0.4, 0.5) is 14.0 Å². The summed E-state index contributed by atoms with van der Waals surface area (Å²) in [5.41, 5.74) is 4.92. The van der Waals surface area contributed by atoms with Gasteiger partial charge in [-0.25, -0.2) is 23.7 Å². The number of hydrogen-bond acceptors (Lipinski definition) is 13. The fraction of sp³-hybridized carbons (Fsp3) is 0.597. The van der Waals surface area contributed by atoms with Gasteiger partial charge in [-0.05, 0) is 141 Å². The summed E-state index contributed by atoms with van der Waals surface area (Å²) in [5, 5.41) is 17.4. The number of carbonyl (C=O) groups is 6. The van der Waals surface area contributed by atoms with E-state index in [-0.39, 0.29) is 97.1 Å². The van der Waals surface area contributed by atoms with E-state index >= 15 is 14.4 Å². The van der Waals surface area contributed by atoms with Crippen LogP contribution >= 0.6 is 0 Å². The number of halogens is 1. The molecule has 4 N–H and O–H groups in total. The van der Waals surface area contributed by atoms with Crippen LogP contribution in [0.5, 0.6) is 5.75 Å². The fourth-order valence-electron chi connectivity index (χ4n) is 16.7. The molecule has 2 fully saturated rings. The van der Waals surface area contributed by atoms with E-state index in [2.05, 4.69) is 141 Å². The number of fused-ring (bicyclic) bond motifs is 1. The van der Waals surface area contributed by atoms with Gasteiger partial charge < -0.3 is 43.0 Å². The van der Waals surface area contributed by atoms with E-state index in [9.17, 15) is 18.8 Å². The first kappa shape index (κ1) is 81.2. The Morgan fingerprint density at radius 1 is 0.576 bits per heavy atom. The number of nitrogens with one attached hydrogen (secondary N) is 4. The largest absolute Gasteiger partial charge is 0.543 e. The molecule has 0 spiro atoms. The molecule has 22 heteroatoms. The number of ether oxygens (including phenoxy) is 3. The number of nitrogens with zero attached hydrogens (tertiary/aromatic N) is 2. The molecule has 4 aromatic carbocycles. The predicted molar refractivity (Wildman–Crippen MR) is 396 cm³/mol. The molecule has 1 saturated heterocycles. The molecule has 2 aliphatic rings. The van der Waals surface area contributed by atoms with Crippen molar-refractivity contribution in [1.29, 1.82) is 5.41 Å². The molecule has 5 amide bonds. The van der Waals surface area contributed by atoms with Crippen LogP contribution in [0.25, 0.3) is 0 Å². The Bertz CT molecular complexity index is 3200. The van der Waals surface area contributed by atoms with E-state index in [1.165, 1.54) is 19.2 Å². The second kappa shape index (κ2) is 36.7. The van der Waals surface area contributed by atoms with Crippen molar-refractivity contribution in [1.82, 2.24) is 25.8 Å². The minimum absolute atomic E-state index is 0.0213. The molecule has 99 heavy (non-hydrogen) atoms. The monoisotopic (exact) mass is 1420 g/mol. The Labute approximate surface area is 593 Å². The molecule has 18 nitrogen and oxygen atoms in total. The highest BCUT2D eigenvalue weighted by atomic mass is 28.4. The van der Waals surface area contributed by atoms with Gasteiger partial charge in [-0.15, -0.1) is 0 Å². The van der Waals surface area contributed by atoms with Crippen molar-refractivity contribution >= 4 is 66.8 Å². The number of guanidine groups is 1. The van der Waals surface area contributed by atoms with Gasteiger partial charge in [0, 0.05) is 31.5 Å². The van der Waals surface area contributed by atoms with E-state index in [1.807, 2.05) is 36.4 Å². The van der Waals surface area contributed by atoms with E-state index < -0.39 is 103 Å². The zero-order chi connectivity index (χ0) is 73.3. The van der Waals surface area contributed by atoms with Gasteiger partial charge in [0.05, 0.1) is 7.11 Å². The second-order valence-corrected chi connectivity index (χ2v) is 46.4. The maximum Gasteiger partial charge on any atom is 0.416 e. The highest BCUT2D eigenvalue weighted by Crippen LogP contribution is 2.49. The lowest BCUT2D eigenvalue weighted by atomic mass is 9.83. The maximum atomic E-state index is 16.5. The van der Waals surface area contributed by atoms with E-state index in [0.717, 1.165) is 16.2 Å². The van der Waals surface area contributed by atoms with Crippen molar-refractivity contribution in [3.63, 3.8) is 0 Å². The van der Waals surface area contributed by atoms with Crippen molar-refractivity contribution in [3.8, 4) is 5.75 Å². The quantitative estimate of drug-likeness (QED) is 0.0115. The van der Waals surface area contributed by atoms with Crippen molar-refractivity contribution < 1.29 is 60.6 Å². The van der Waals surface area contributed by atoms with Gasteiger partial charge in [0.25, 0.3) is 8.32 Å². The standard InChI is InChI=1S/C77H117FN6O12Si3/c1-49(2)97(50(3)4,51(5)6)94-64-39-34-59(35-40-64)44-70(96-99(55(13)14,56(15)16)57(17)18)72(86)81-67(43-58-32-37-63(78)38-33-58)73(87)84-68-46-65(95-98(52(7)8,53(9)10)54(11)12)41-36-62(68)45-69(84)71(85)80-66(74(88)91-19)31-26-42-83(77(90)93-48-61-29-24-21-25-30-61)75(79)82-76(89)92-47-60-27-22-20-23-28-60/h20-25,27-30,32-35,37-40,49-57,62,65-70H,26,31,36,41-48H2,1-19H3,(H,80,85)(H,81,86)(H2,79,82,89)/t62-,65+,66-,67+,68-,69-,70+/m0/s1. The molecular weight excluding hydrogens is 1300 g/mol. The van der Waals surface area contributed by atoms with Crippen molar-refractivity contribution in [3.05, 3.63) is 137 Å². The summed E-state index contributed by atoms with van der Waals surface area (Å²) in [7, 11) is -6.46. The number of likely N-dealkylation sites (tertiary alicyclic amines) is 1. The van der Waals surface area contributed by atoms with Crippen LogP contribution in [-0.4, -0.2) is 127 Å². The molecule has 1 aliphatic heterocycles. The third-order valence-electron chi connectivity index (χ3n) is 21.2. The summed E-state index contributed by atoms with van der Waals surface area (Å²) in [6, 6.07) is 27.4. The predicted octanol–water partition coefficient (Wildman–Crippen LogP) is 16.5. The third-order valence-corrected chi connectivity index (χ3v) is 39.5. The van der Waals surface area contributed by atoms with Gasteiger partial charge in [0.15, 0.2) is 0 Å². The molecule has 1 aliphatic carbocycles.